The minimum Gasteiger partial charge on any atom is -0.497 e. The Morgan fingerprint density at radius 1 is 1.24 bits per heavy atom. The number of hydrogen-bond donors (Lipinski definition) is 0. The number of benzene rings is 2. The van der Waals surface area contributed by atoms with Crippen LogP contribution in [0.5, 0.6) is 5.75 Å². The van der Waals surface area contributed by atoms with Gasteiger partial charge in [-0.3, -0.25) is 4.99 Å². The average Bonchev–Trinajstić information content (AvgIpc) is 2.74. The van der Waals surface area contributed by atoms with Crippen LogP contribution in [0, 0.1) is 11.3 Å². The molecule has 0 unspecified atom stereocenters. The summed E-state index contributed by atoms with van der Waals surface area (Å²) < 4.78 is 5.47. The first-order valence-corrected chi connectivity index (χ1v) is 10.2. The number of nitrogens with zero attached hydrogens (tertiary/aromatic N) is 2. The van der Waals surface area contributed by atoms with Gasteiger partial charge in [-0.15, -0.1) is 0 Å². The number of rotatable bonds is 7. The Labute approximate surface area is 173 Å². The van der Waals surface area contributed by atoms with E-state index in [1.54, 1.807) is 14.0 Å². The lowest BCUT2D eigenvalue weighted by Gasteiger charge is -2.40. The Hall–Kier alpha value is -2.93. The second-order valence-corrected chi connectivity index (χ2v) is 7.80. The normalized spacial score (nSPS) is 20.6. The van der Waals surface area contributed by atoms with Crippen LogP contribution in [0.1, 0.15) is 62.3 Å². The summed E-state index contributed by atoms with van der Waals surface area (Å²) >= 11 is 0. The smallest absolute Gasteiger partial charge is 0.129 e. The SMILES string of the molecule is COc1ccc2c(c1)[C@@](CC#N)(CCC(C)=O)C(=N[C@H](C)c1ccccc1)CC2. The van der Waals surface area contributed by atoms with Crippen LogP contribution in [0.2, 0.25) is 0 Å². The summed E-state index contributed by atoms with van der Waals surface area (Å²) in [6.45, 7) is 3.70. The standard InChI is InChI=1S/C25H28N2O2/c1-18(28)13-14-25(15-16-26)23-17-22(29-3)11-9-21(23)10-12-24(25)27-19(2)20-7-5-4-6-8-20/h4-9,11,17,19H,10,12-15H2,1-3H3/t19-,25+/m1/s1. The van der Waals surface area contributed by atoms with E-state index in [0.29, 0.717) is 19.3 Å². The third kappa shape index (κ3) is 4.40. The van der Waals surface area contributed by atoms with Gasteiger partial charge in [0.15, 0.2) is 0 Å². The van der Waals surface area contributed by atoms with Gasteiger partial charge in [0, 0.05) is 17.5 Å². The predicted molar refractivity (Wildman–Crippen MR) is 115 cm³/mol. The quantitative estimate of drug-likeness (QED) is 0.641. The van der Waals surface area contributed by atoms with Crippen molar-refractivity contribution in [1.82, 2.24) is 0 Å². The molecule has 1 aliphatic rings. The van der Waals surface area contributed by atoms with Gasteiger partial charge in [0.1, 0.15) is 11.5 Å². The molecule has 2 atom stereocenters. The van der Waals surface area contributed by atoms with Crippen molar-refractivity contribution in [3.63, 3.8) is 0 Å². The highest BCUT2D eigenvalue weighted by atomic mass is 16.5. The van der Waals surface area contributed by atoms with Crippen molar-refractivity contribution in [2.24, 2.45) is 4.99 Å². The number of aliphatic imine (C=N–C) groups is 1. The molecule has 2 aromatic rings. The summed E-state index contributed by atoms with van der Waals surface area (Å²) in [6, 6.07) is 18.7. The van der Waals surface area contributed by atoms with Crippen LogP contribution in [0.3, 0.4) is 0 Å². The minimum atomic E-state index is -0.550. The summed E-state index contributed by atoms with van der Waals surface area (Å²) in [4.78, 5) is 17.0. The molecule has 0 bridgehead atoms. The molecule has 3 rings (SSSR count). The minimum absolute atomic E-state index is 0.00578. The first-order chi connectivity index (χ1) is 14.0. The zero-order chi connectivity index (χ0) is 20.9. The van der Waals surface area contributed by atoms with E-state index in [1.165, 1.54) is 5.56 Å². The first-order valence-electron chi connectivity index (χ1n) is 10.2. The lowest BCUT2D eigenvalue weighted by molar-refractivity contribution is -0.117. The summed E-state index contributed by atoms with van der Waals surface area (Å²) in [6.07, 6.45) is 3.01. The fourth-order valence-electron chi connectivity index (χ4n) is 4.31. The van der Waals surface area contributed by atoms with E-state index < -0.39 is 5.41 Å². The molecular formula is C25H28N2O2. The van der Waals surface area contributed by atoms with Crippen LogP contribution in [0.4, 0.5) is 0 Å². The third-order valence-corrected chi connectivity index (χ3v) is 5.93. The number of fused-ring (bicyclic) bond motifs is 1. The Kier molecular flexibility index (Phi) is 6.49. The van der Waals surface area contributed by atoms with Crippen molar-refractivity contribution in [2.45, 2.75) is 57.4 Å². The van der Waals surface area contributed by atoms with Crippen molar-refractivity contribution in [3.05, 3.63) is 65.2 Å². The van der Waals surface area contributed by atoms with Crippen molar-refractivity contribution >= 4 is 11.5 Å². The fraction of sp³-hybridized carbons (Fsp3) is 0.400. The van der Waals surface area contributed by atoms with Crippen LogP contribution in [-0.4, -0.2) is 18.6 Å². The summed E-state index contributed by atoms with van der Waals surface area (Å²) in [5, 5.41) is 9.75. The molecule has 29 heavy (non-hydrogen) atoms. The monoisotopic (exact) mass is 388 g/mol. The molecule has 0 radical (unpaired) electrons. The molecule has 4 heteroatoms. The van der Waals surface area contributed by atoms with Gasteiger partial charge in [0.2, 0.25) is 0 Å². The Morgan fingerprint density at radius 2 is 2.00 bits per heavy atom. The lowest BCUT2D eigenvalue weighted by Crippen LogP contribution is -2.41. The largest absolute Gasteiger partial charge is 0.497 e. The maximum absolute atomic E-state index is 11.9. The van der Waals surface area contributed by atoms with Crippen molar-refractivity contribution in [3.8, 4) is 11.8 Å². The second kappa shape index (κ2) is 9.05. The van der Waals surface area contributed by atoms with E-state index >= 15 is 0 Å². The van der Waals surface area contributed by atoms with E-state index in [9.17, 15) is 10.1 Å². The van der Waals surface area contributed by atoms with E-state index in [0.717, 1.165) is 35.4 Å². The van der Waals surface area contributed by atoms with Gasteiger partial charge in [-0.1, -0.05) is 36.4 Å². The maximum atomic E-state index is 11.9. The maximum Gasteiger partial charge on any atom is 0.129 e. The Morgan fingerprint density at radius 3 is 2.66 bits per heavy atom. The summed E-state index contributed by atoms with van der Waals surface area (Å²) in [5.74, 6) is 0.902. The molecule has 2 aromatic carbocycles. The number of aryl methyl sites for hydroxylation is 1. The van der Waals surface area contributed by atoms with Gasteiger partial charge in [-0.05, 0) is 61.9 Å². The number of methoxy groups -OCH3 is 1. The van der Waals surface area contributed by atoms with Gasteiger partial charge in [-0.2, -0.15) is 5.26 Å². The molecule has 0 fully saturated rings. The van der Waals surface area contributed by atoms with Crippen molar-refractivity contribution < 1.29 is 9.53 Å². The highest BCUT2D eigenvalue weighted by molar-refractivity contribution is 5.98. The Balaban J connectivity index is 2.14. The summed E-state index contributed by atoms with van der Waals surface area (Å²) in [5.41, 5.74) is 3.93. The molecular weight excluding hydrogens is 360 g/mol. The number of ether oxygens (including phenoxy) is 1. The third-order valence-electron chi connectivity index (χ3n) is 5.93. The highest BCUT2D eigenvalue weighted by Crippen LogP contribution is 2.44. The molecule has 0 N–H and O–H groups in total. The number of nitriles is 1. The zero-order valence-electron chi connectivity index (χ0n) is 17.4. The predicted octanol–water partition coefficient (Wildman–Crippen LogP) is 5.36. The molecule has 0 saturated heterocycles. The molecule has 150 valence electrons. The zero-order valence-corrected chi connectivity index (χ0v) is 17.4. The van der Waals surface area contributed by atoms with Crippen molar-refractivity contribution in [2.75, 3.05) is 7.11 Å². The fourth-order valence-corrected chi connectivity index (χ4v) is 4.31. The molecule has 0 aromatic heterocycles. The molecule has 0 heterocycles. The van der Waals surface area contributed by atoms with Crippen LogP contribution in [0.15, 0.2) is 53.5 Å². The molecule has 0 spiro atoms. The van der Waals surface area contributed by atoms with Gasteiger partial charge >= 0.3 is 0 Å². The van der Waals surface area contributed by atoms with Gasteiger partial charge in [-0.25, -0.2) is 0 Å². The number of Topliss-reactive ketones (excluding diaryl/α,β-unsaturated/α-hetero) is 1. The van der Waals surface area contributed by atoms with E-state index in [4.69, 9.17) is 9.73 Å². The highest BCUT2D eigenvalue weighted by Gasteiger charge is 2.42. The first kappa shape index (κ1) is 20.8. The molecule has 1 aliphatic carbocycles. The van der Waals surface area contributed by atoms with E-state index in [-0.39, 0.29) is 11.8 Å². The molecule has 0 amide bonds. The van der Waals surface area contributed by atoms with E-state index in [2.05, 4.69) is 31.2 Å². The van der Waals surface area contributed by atoms with Crippen LogP contribution in [0.25, 0.3) is 0 Å². The number of carbonyl (C=O) groups is 1. The summed E-state index contributed by atoms with van der Waals surface area (Å²) in [7, 11) is 1.65. The number of hydrogen-bond acceptors (Lipinski definition) is 4. The van der Waals surface area contributed by atoms with Gasteiger partial charge in [0.25, 0.3) is 0 Å². The Bertz CT molecular complexity index is 943. The van der Waals surface area contributed by atoms with Crippen molar-refractivity contribution in [1.29, 1.82) is 5.26 Å². The lowest BCUT2D eigenvalue weighted by atomic mass is 9.64. The number of ketones is 1. The van der Waals surface area contributed by atoms with E-state index in [1.807, 2.05) is 30.3 Å². The van der Waals surface area contributed by atoms with Gasteiger partial charge < -0.3 is 9.53 Å². The van der Waals surface area contributed by atoms with Gasteiger partial charge in [0.05, 0.1) is 25.6 Å². The average molecular weight is 389 g/mol. The van der Waals surface area contributed by atoms with Crippen LogP contribution in [-0.2, 0) is 16.6 Å². The van der Waals surface area contributed by atoms with Crippen LogP contribution < -0.4 is 4.74 Å². The molecule has 4 nitrogen and oxygen atoms in total. The molecule has 0 saturated carbocycles. The second-order valence-electron chi connectivity index (χ2n) is 7.80. The van der Waals surface area contributed by atoms with Crippen LogP contribution >= 0.6 is 0 Å². The molecule has 0 aliphatic heterocycles. The number of carbonyl (C=O) groups excluding carboxylic acids is 1. The topological polar surface area (TPSA) is 62.4 Å².